The first kappa shape index (κ1) is 26.5. The van der Waals surface area contributed by atoms with Gasteiger partial charge in [0.15, 0.2) is 6.23 Å². The first-order valence-electron chi connectivity index (χ1n) is 10.4. The molecule has 1 saturated carbocycles. The van der Waals surface area contributed by atoms with Crippen LogP contribution in [0.3, 0.4) is 0 Å². The van der Waals surface area contributed by atoms with Gasteiger partial charge in [-0.25, -0.2) is 4.79 Å². The molecule has 7 unspecified atom stereocenters. The summed E-state index contributed by atoms with van der Waals surface area (Å²) >= 11 is 0. The summed E-state index contributed by atoms with van der Waals surface area (Å²) in [5, 5.41) is 0. The zero-order valence-electron chi connectivity index (χ0n) is 18.7. The zero-order valence-corrected chi connectivity index (χ0v) is 20.5. The molecule has 0 radical (unpaired) electrons. The highest BCUT2D eigenvalue weighted by Gasteiger charge is 2.62. The Kier molecular flexibility index (Phi) is 7.90. The Balaban J connectivity index is 2.04. The van der Waals surface area contributed by atoms with Crippen LogP contribution in [0.25, 0.3) is 0 Å². The summed E-state index contributed by atoms with van der Waals surface area (Å²) in [7, 11) is -7.16. The number of aromatic nitrogens is 2. The third-order valence-corrected chi connectivity index (χ3v) is 9.14. The maximum absolute atomic E-state index is 12.7. The average molecular weight is 512 g/mol. The number of ether oxygens (including phenoxy) is 3. The van der Waals surface area contributed by atoms with Crippen LogP contribution >= 0.6 is 15.2 Å². The summed E-state index contributed by atoms with van der Waals surface area (Å²) in [6.07, 6.45) is -3.17. The van der Waals surface area contributed by atoms with Crippen LogP contribution in [0, 0.1) is 12.8 Å². The number of aromatic amines is 1. The quantitative estimate of drug-likeness (QED) is 0.250. The van der Waals surface area contributed by atoms with Gasteiger partial charge in [-0.3, -0.25) is 28.0 Å². The molecule has 15 heteroatoms. The summed E-state index contributed by atoms with van der Waals surface area (Å²) < 4.78 is 48.1. The van der Waals surface area contributed by atoms with Crippen molar-refractivity contribution >= 4 is 15.2 Å². The van der Waals surface area contributed by atoms with Gasteiger partial charge in [-0.05, 0) is 13.3 Å². The van der Waals surface area contributed by atoms with Gasteiger partial charge in [0, 0.05) is 24.8 Å². The number of hydrogen-bond acceptors (Lipinski definition) is 8. The highest BCUT2D eigenvalue weighted by atomic mass is 31.2. The van der Waals surface area contributed by atoms with E-state index < -0.39 is 68.2 Å². The number of aryl methyl sites for hydroxylation is 1. The van der Waals surface area contributed by atoms with Crippen LogP contribution in [0.15, 0.2) is 15.8 Å². The molecule has 33 heavy (non-hydrogen) atoms. The number of H-pyrrole nitrogens is 1. The highest BCUT2D eigenvalue weighted by Crippen LogP contribution is 2.63. The molecule has 3 rings (SSSR count). The van der Waals surface area contributed by atoms with Crippen LogP contribution in [0.2, 0.25) is 0 Å². The highest BCUT2D eigenvalue weighted by molar-refractivity contribution is 7.53. The van der Waals surface area contributed by atoms with Crippen molar-refractivity contribution in [3.05, 3.63) is 32.6 Å². The molecule has 0 bridgehead atoms. The molecule has 0 amide bonds. The van der Waals surface area contributed by atoms with Gasteiger partial charge in [-0.2, -0.15) is 0 Å². The number of rotatable bonds is 10. The zero-order chi connectivity index (χ0) is 24.7. The van der Waals surface area contributed by atoms with E-state index in [-0.39, 0.29) is 25.2 Å². The molecule has 4 N–H and O–H groups in total. The number of nitrogens with zero attached hydrogens (tertiary/aromatic N) is 1. The van der Waals surface area contributed by atoms with Crippen molar-refractivity contribution in [2.45, 2.75) is 63.0 Å². The molecular formula is C18H30N2O11P2. The number of nitrogens with one attached hydrogen (secondary N) is 1. The Hall–Kier alpha value is -1.14. The van der Waals surface area contributed by atoms with Gasteiger partial charge in [0.25, 0.3) is 5.56 Å². The van der Waals surface area contributed by atoms with E-state index in [1.54, 1.807) is 0 Å². The molecule has 7 atom stereocenters. The SMILES string of the molecule is COCCOC1C(OP(=O)(O)C(C)C)C(C2CC2P(=O)(O)O)OC1n1cc(C)c(=O)[nH]c1=O. The average Bonchev–Trinajstić information content (AvgIpc) is 3.44. The predicted molar refractivity (Wildman–Crippen MR) is 115 cm³/mol. The third-order valence-electron chi connectivity index (χ3n) is 5.83. The van der Waals surface area contributed by atoms with Crippen molar-refractivity contribution in [1.82, 2.24) is 9.55 Å². The van der Waals surface area contributed by atoms with E-state index >= 15 is 0 Å². The summed E-state index contributed by atoms with van der Waals surface area (Å²) in [4.78, 5) is 56.1. The lowest BCUT2D eigenvalue weighted by atomic mass is 10.1. The number of hydrogen-bond donors (Lipinski definition) is 4. The van der Waals surface area contributed by atoms with E-state index in [4.69, 9.17) is 18.7 Å². The van der Waals surface area contributed by atoms with E-state index in [2.05, 4.69) is 4.98 Å². The van der Waals surface area contributed by atoms with Crippen LogP contribution < -0.4 is 11.2 Å². The molecule has 2 heterocycles. The lowest BCUT2D eigenvalue weighted by Gasteiger charge is -2.28. The monoisotopic (exact) mass is 512 g/mol. The number of methoxy groups -OCH3 is 1. The second-order valence-electron chi connectivity index (χ2n) is 8.58. The molecule has 2 fully saturated rings. The Bertz CT molecular complexity index is 1060. The Labute approximate surface area is 189 Å². The molecule has 2 aliphatic rings. The first-order valence-corrected chi connectivity index (χ1v) is 13.7. The lowest BCUT2D eigenvalue weighted by Crippen LogP contribution is -2.41. The molecule has 0 aromatic carbocycles. The minimum absolute atomic E-state index is 0.0225. The van der Waals surface area contributed by atoms with E-state index in [1.807, 2.05) is 0 Å². The van der Waals surface area contributed by atoms with Gasteiger partial charge >= 0.3 is 20.9 Å². The van der Waals surface area contributed by atoms with Gasteiger partial charge in [0.2, 0.25) is 0 Å². The Morgan fingerprint density at radius 1 is 1.21 bits per heavy atom. The molecule has 0 spiro atoms. The second-order valence-corrected chi connectivity index (χ2v) is 12.8. The molecule has 1 aromatic heterocycles. The molecule has 1 aliphatic carbocycles. The standard InChI is InChI=1S/C18H30N2O11P2/c1-9(2)33(26,27)31-14-13(11-7-12(11)32(23,24)25)30-17(15(14)29-6-5-28-4)20-8-10(3)16(21)19-18(20)22/h8-9,11-15,17H,5-7H2,1-4H3,(H,26,27)(H,19,21,22)(H2,23,24,25). The topological polar surface area (TPSA) is 187 Å². The van der Waals surface area contributed by atoms with E-state index in [0.717, 1.165) is 4.57 Å². The van der Waals surface area contributed by atoms with Crippen LogP contribution in [0.4, 0.5) is 0 Å². The minimum atomic E-state index is -4.44. The fourth-order valence-electron chi connectivity index (χ4n) is 3.81. The van der Waals surface area contributed by atoms with E-state index in [9.17, 15) is 33.4 Å². The summed E-state index contributed by atoms with van der Waals surface area (Å²) in [5.41, 5.74) is -2.94. The fourth-order valence-corrected chi connectivity index (χ4v) is 5.83. The largest absolute Gasteiger partial charge is 0.382 e. The maximum atomic E-state index is 12.7. The molecule has 1 aromatic rings. The Morgan fingerprint density at radius 2 is 1.88 bits per heavy atom. The van der Waals surface area contributed by atoms with Gasteiger partial charge in [-0.15, -0.1) is 0 Å². The van der Waals surface area contributed by atoms with Crippen LogP contribution in [-0.2, 0) is 27.9 Å². The second kappa shape index (κ2) is 9.85. The van der Waals surface area contributed by atoms with Crippen LogP contribution in [-0.4, -0.2) is 74.2 Å². The van der Waals surface area contributed by atoms with Crippen molar-refractivity contribution < 1.29 is 42.5 Å². The normalized spacial score (nSPS) is 31.6. The van der Waals surface area contributed by atoms with Gasteiger partial charge in [0.05, 0.1) is 30.6 Å². The van der Waals surface area contributed by atoms with Crippen LogP contribution in [0.5, 0.6) is 0 Å². The van der Waals surface area contributed by atoms with E-state index in [0.29, 0.717) is 0 Å². The predicted octanol–water partition coefficient (Wildman–Crippen LogP) is 0.319. The van der Waals surface area contributed by atoms with Crippen molar-refractivity contribution in [2.75, 3.05) is 20.3 Å². The van der Waals surface area contributed by atoms with Crippen molar-refractivity contribution in [1.29, 1.82) is 0 Å². The fraction of sp³-hybridized carbons (Fsp3) is 0.778. The van der Waals surface area contributed by atoms with Crippen molar-refractivity contribution in [2.24, 2.45) is 5.92 Å². The maximum Gasteiger partial charge on any atom is 0.331 e. The van der Waals surface area contributed by atoms with Gasteiger partial charge in [-0.1, -0.05) is 13.8 Å². The smallest absolute Gasteiger partial charge is 0.331 e. The Morgan fingerprint density at radius 3 is 2.42 bits per heavy atom. The van der Waals surface area contributed by atoms with Gasteiger partial charge < -0.3 is 28.9 Å². The van der Waals surface area contributed by atoms with Crippen LogP contribution in [0.1, 0.15) is 32.1 Å². The third kappa shape index (κ3) is 5.75. The molecule has 188 valence electrons. The van der Waals surface area contributed by atoms with E-state index in [1.165, 1.54) is 34.1 Å². The minimum Gasteiger partial charge on any atom is -0.382 e. The molecule has 13 nitrogen and oxygen atoms in total. The first-order chi connectivity index (χ1) is 15.3. The van der Waals surface area contributed by atoms with Crippen molar-refractivity contribution in [3.8, 4) is 0 Å². The molecule has 1 aliphatic heterocycles. The summed E-state index contributed by atoms with van der Waals surface area (Å²) in [6.45, 7) is 4.66. The lowest BCUT2D eigenvalue weighted by molar-refractivity contribution is -0.0795. The molecule has 1 saturated heterocycles. The van der Waals surface area contributed by atoms with Gasteiger partial charge in [0.1, 0.15) is 12.2 Å². The summed E-state index contributed by atoms with van der Waals surface area (Å²) in [5.74, 6) is -0.680. The van der Waals surface area contributed by atoms with Crippen molar-refractivity contribution in [3.63, 3.8) is 0 Å². The summed E-state index contributed by atoms with van der Waals surface area (Å²) in [6, 6.07) is 0. The molecular weight excluding hydrogens is 482 g/mol.